The minimum atomic E-state index is 0.202. The van der Waals surface area contributed by atoms with Crippen molar-refractivity contribution in [2.75, 3.05) is 32.8 Å². The van der Waals surface area contributed by atoms with Gasteiger partial charge >= 0.3 is 0 Å². The first-order chi connectivity index (χ1) is 7.33. The third-order valence-electron chi connectivity index (χ3n) is 3.43. The van der Waals surface area contributed by atoms with Crippen molar-refractivity contribution >= 4 is 5.91 Å². The van der Waals surface area contributed by atoms with Crippen molar-refractivity contribution in [1.82, 2.24) is 10.2 Å². The Morgan fingerprint density at radius 2 is 2.20 bits per heavy atom. The molecule has 0 aliphatic carbocycles. The number of amides is 1. The van der Waals surface area contributed by atoms with Gasteiger partial charge in [0, 0.05) is 19.1 Å². The van der Waals surface area contributed by atoms with Crippen LogP contribution in [0.3, 0.4) is 0 Å². The Morgan fingerprint density at radius 1 is 1.47 bits per heavy atom. The molecule has 2 atom stereocenters. The van der Waals surface area contributed by atoms with Crippen molar-refractivity contribution in [2.24, 2.45) is 5.92 Å². The van der Waals surface area contributed by atoms with Crippen molar-refractivity contribution in [2.45, 2.75) is 25.8 Å². The summed E-state index contributed by atoms with van der Waals surface area (Å²) < 4.78 is 5.26. The van der Waals surface area contributed by atoms with Crippen LogP contribution in [0, 0.1) is 5.92 Å². The molecule has 0 radical (unpaired) electrons. The van der Waals surface area contributed by atoms with Gasteiger partial charge in [0.1, 0.15) is 0 Å². The molecule has 1 amide bonds. The summed E-state index contributed by atoms with van der Waals surface area (Å²) in [5.74, 6) is 0.531. The van der Waals surface area contributed by atoms with Crippen LogP contribution in [0.5, 0.6) is 0 Å². The van der Waals surface area contributed by atoms with Crippen LogP contribution >= 0.6 is 0 Å². The molecular weight excluding hydrogens is 192 g/mol. The second kappa shape index (κ2) is 4.94. The van der Waals surface area contributed by atoms with E-state index in [-0.39, 0.29) is 5.92 Å². The molecule has 2 rings (SSSR count). The molecule has 0 aromatic heterocycles. The summed E-state index contributed by atoms with van der Waals surface area (Å²) in [6, 6.07) is 0.389. The fourth-order valence-electron chi connectivity index (χ4n) is 2.51. The van der Waals surface area contributed by atoms with E-state index in [9.17, 15) is 4.79 Å². The van der Waals surface area contributed by atoms with Gasteiger partial charge in [0.05, 0.1) is 19.1 Å². The van der Waals surface area contributed by atoms with Gasteiger partial charge < -0.3 is 15.0 Å². The maximum atomic E-state index is 12.2. The topological polar surface area (TPSA) is 41.6 Å². The Morgan fingerprint density at radius 3 is 2.87 bits per heavy atom. The van der Waals surface area contributed by atoms with E-state index in [1.165, 1.54) is 0 Å². The highest BCUT2D eigenvalue weighted by molar-refractivity contribution is 5.80. The third kappa shape index (κ3) is 2.32. The SMILES string of the molecule is CCC1NCCC1C(=O)N1CCOCC1. The molecule has 4 heteroatoms. The zero-order chi connectivity index (χ0) is 10.7. The van der Waals surface area contributed by atoms with Gasteiger partial charge in [-0.3, -0.25) is 4.79 Å². The molecule has 0 spiro atoms. The lowest BCUT2D eigenvalue weighted by Crippen LogP contribution is -2.46. The number of carbonyl (C=O) groups is 1. The van der Waals surface area contributed by atoms with E-state index in [2.05, 4.69) is 12.2 Å². The van der Waals surface area contributed by atoms with Gasteiger partial charge in [-0.25, -0.2) is 0 Å². The van der Waals surface area contributed by atoms with Gasteiger partial charge in [0.15, 0.2) is 0 Å². The number of nitrogens with zero attached hydrogens (tertiary/aromatic N) is 1. The largest absolute Gasteiger partial charge is 0.378 e. The highest BCUT2D eigenvalue weighted by atomic mass is 16.5. The number of carbonyl (C=O) groups excluding carboxylic acids is 1. The average Bonchev–Trinajstić information content (AvgIpc) is 2.77. The van der Waals surface area contributed by atoms with E-state index in [0.717, 1.165) is 32.5 Å². The summed E-state index contributed by atoms with van der Waals surface area (Å²) in [6.45, 7) is 6.06. The van der Waals surface area contributed by atoms with Gasteiger partial charge in [0.25, 0.3) is 0 Å². The number of hydrogen-bond acceptors (Lipinski definition) is 3. The van der Waals surface area contributed by atoms with Crippen LogP contribution in [0.4, 0.5) is 0 Å². The predicted octanol–water partition coefficient (Wildman–Crippen LogP) is 0.233. The van der Waals surface area contributed by atoms with Crippen LogP contribution in [-0.4, -0.2) is 49.7 Å². The van der Waals surface area contributed by atoms with Crippen LogP contribution in [0.25, 0.3) is 0 Å². The Labute approximate surface area is 91.0 Å². The van der Waals surface area contributed by atoms with Crippen LogP contribution in [-0.2, 0) is 9.53 Å². The fourth-order valence-corrected chi connectivity index (χ4v) is 2.51. The maximum absolute atomic E-state index is 12.2. The molecule has 4 nitrogen and oxygen atoms in total. The Bertz CT molecular complexity index is 227. The van der Waals surface area contributed by atoms with Crippen molar-refractivity contribution in [3.05, 3.63) is 0 Å². The highest BCUT2D eigenvalue weighted by Crippen LogP contribution is 2.21. The Kier molecular flexibility index (Phi) is 3.59. The summed E-state index contributed by atoms with van der Waals surface area (Å²) >= 11 is 0. The molecule has 2 aliphatic heterocycles. The quantitative estimate of drug-likeness (QED) is 0.712. The van der Waals surface area contributed by atoms with Crippen molar-refractivity contribution < 1.29 is 9.53 Å². The molecule has 0 aromatic carbocycles. The van der Waals surface area contributed by atoms with E-state index in [0.29, 0.717) is 25.2 Å². The number of nitrogens with one attached hydrogen (secondary N) is 1. The molecule has 1 N–H and O–H groups in total. The summed E-state index contributed by atoms with van der Waals surface area (Å²) in [6.07, 6.45) is 2.04. The summed E-state index contributed by atoms with van der Waals surface area (Å²) in [5, 5.41) is 3.40. The van der Waals surface area contributed by atoms with E-state index in [1.807, 2.05) is 4.90 Å². The lowest BCUT2D eigenvalue weighted by atomic mass is 9.97. The number of rotatable bonds is 2. The van der Waals surface area contributed by atoms with Gasteiger partial charge in [0.2, 0.25) is 5.91 Å². The number of ether oxygens (including phenoxy) is 1. The first-order valence-corrected chi connectivity index (χ1v) is 5.93. The van der Waals surface area contributed by atoms with Crippen LogP contribution in [0.2, 0.25) is 0 Å². The van der Waals surface area contributed by atoms with Crippen LogP contribution in [0.1, 0.15) is 19.8 Å². The van der Waals surface area contributed by atoms with E-state index in [4.69, 9.17) is 4.74 Å². The number of morpholine rings is 1. The Balaban J connectivity index is 1.93. The van der Waals surface area contributed by atoms with Crippen molar-refractivity contribution in [1.29, 1.82) is 0 Å². The molecule has 2 saturated heterocycles. The molecule has 2 unspecified atom stereocenters. The molecular formula is C11H20N2O2. The third-order valence-corrected chi connectivity index (χ3v) is 3.43. The lowest BCUT2D eigenvalue weighted by molar-refractivity contribution is -0.139. The van der Waals surface area contributed by atoms with Gasteiger partial charge in [-0.15, -0.1) is 0 Å². The lowest BCUT2D eigenvalue weighted by Gasteiger charge is -2.30. The summed E-state index contributed by atoms with van der Waals surface area (Å²) in [7, 11) is 0. The summed E-state index contributed by atoms with van der Waals surface area (Å²) in [5.41, 5.74) is 0. The van der Waals surface area contributed by atoms with Gasteiger partial charge in [-0.1, -0.05) is 6.92 Å². The van der Waals surface area contributed by atoms with E-state index >= 15 is 0 Å². The zero-order valence-corrected chi connectivity index (χ0v) is 9.37. The Hall–Kier alpha value is -0.610. The second-order valence-corrected chi connectivity index (χ2v) is 4.30. The first-order valence-electron chi connectivity index (χ1n) is 5.93. The molecule has 86 valence electrons. The molecule has 2 aliphatic rings. The smallest absolute Gasteiger partial charge is 0.227 e. The average molecular weight is 212 g/mol. The van der Waals surface area contributed by atoms with Crippen molar-refractivity contribution in [3.8, 4) is 0 Å². The van der Waals surface area contributed by atoms with Gasteiger partial charge in [-0.2, -0.15) is 0 Å². The molecule has 0 bridgehead atoms. The maximum Gasteiger partial charge on any atom is 0.227 e. The fraction of sp³-hybridized carbons (Fsp3) is 0.909. The summed E-state index contributed by atoms with van der Waals surface area (Å²) in [4.78, 5) is 14.2. The monoisotopic (exact) mass is 212 g/mol. The number of hydrogen-bond donors (Lipinski definition) is 1. The standard InChI is InChI=1S/C11H20N2O2/c1-2-10-9(3-4-12-10)11(14)13-5-7-15-8-6-13/h9-10,12H,2-8H2,1H3. The normalized spacial score (nSPS) is 31.9. The van der Waals surface area contributed by atoms with Crippen LogP contribution in [0.15, 0.2) is 0 Å². The molecule has 2 fully saturated rings. The minimum absolute atomic E-state index is 0.202. The van der Waals surface area contributed by atoms with Crippen molar-refractivity contribution in [3.63, 3.8) is 0 Å². The van der Waals surface area contributed by atoms with Crippen LogP contribution < -0.4 is 5.32 Å². The molecule has 0 aromatic rings. The molecule has 2 heterocycles. The van der Waals surface area contributed by atoms with Gasteiger partial charge in [-0.05, 0) is 19.4 Å². The second-order valence-electron chi connectivity index (χ2n) is 4.30. The predicted molar refractivity (Wildman–Crippen MR) is 57.6 cm³/mol. The first kappa shape index (κ1) is 10.9. The highest BCUT2D eigenvalue weighted by Gasteiger charge is 2.34. The minimum Gasteiger partial charge on any atom is -0.378 e. The molecule has 0 saturated carbocycles. The molecule has 15 heavy (non-hydrogen) atoms. The zero-order valence-electron chi connectivity index (χ0n) is 9.37. The van der Waals surface area contributed by atoms with E-state index < -0.39 is 0 Å². The van der Waals surface area contributed by atoms with E-state index in [1.54, 1.807) is 0 Å².